The first-order valence-electron chi connectivity index (χ1n) is 5.18. The molecule has 0 heterocycles. The normalized spacial score (nSPS) is 14.4. The third-order valence-corrected chi connectivity index (χ3v) is 2.72. The van der Waals surface area contributed by atoms with Gasteiger partial charge in [0.2, 0.25) is 0 Å². The molecule has 0 spiro atoms. The highest BCUT2D eigenvalue weighted by atomic mass is 16.5. The second-order valence-electron chi connectivity index (χ2n) is 4.14. The van der Waals surface area contributed by atoms with Gasteiger partial charge in [0, 0.05) is 18.2 Å². The minimum absolute atomic E-state index is 0.358. The van der Waals surface area contributed by atoms with E-state index in [0.717, 1.165) is 16.9 Å². The van der Waals surface area contributed by atoms with Crippen LogP contribution in [0.5, 0.6) is 11.5 Å². The lowest BCUT2D eigenvalue weighted by Crippen LogP contribution is -2.41. The molecule has 0 aliphatic carbocycles. The first-order chi connectivity index (χ1) is 7.46. The van der Waals surface area contributed by atoms with Crippen molar-refractivity contribution in [1.82, 2.24) is 0 Å². The van der Waals surface area contributed by atoms with E-state index >= 15 is 0 Å². The fourth-order valence-electron chi connectivity index (χ4n) is 1.84. The second kappa shape index (κ2) is 4.72. The number of hydrogen-bond acceptors (Lipinski definition) is 4. The molecule has 4 heteroatoms. The molecule has 0 aromatic heterocycles. The highest BCUT2D eigenvalue weighted by Crippen LogP contribution is 2.34. The van der Waals surface area contributed by atoms with Crippen molar-refractivity contribution in [2.75, 3.05) is 20.8 Å². The van der Waals surface area contributed by atoms with Crippen LogP contribution < -0.4 is 20.9 Å². The molecular weight excluding hydrogens is 204 g/mol. The summed E-state index contributed by atoms with van der Waals surface area (Å²) in [6, 6.07) is 3.75. The Morgan fingerprint density at radius 2 is 1.88 bits per heavy atom. The molecule has 1 rings (SSSR count). The minimum Gasteiger partial charge on any atom is -0.497 e. The average Bonchev–Trinajstić information content (AvgIpc) is 2.27. The van der Waals surface area contributed by atoms with E-state index in [1.165, 1.54) is 0 Å². The summed E-state index contributed by atoms with van der Waals surface area (Å²) in [5.41, 5.74) is 13.2. The summed E-state index contributed by atoms with van der Waals surface area (Å²) in [5, 5.41) is 0. The summed E-state index contributed by atoms with van der Waals surface area (Å²) in [6.07, 6.45) is 0. The van der Waals surface area contributed by atoms with Crippen molar-refractivity contribution in [3.8, 4) is 11.5 Å². The van der Waals surface area contributed by atoms with Crippen LogP contribution in [-0.4, -0.2) is 20.8 Å². The van der Waals surface area contributed by atoms with E-state index in [1.807, 2.05) is 26.0 Å². The molecule has 90 valence electrons. The van der Waals surface area contributed by atoms with Crippen molar-refractivity contribution in [2.24, 2.45) is 11.5 Å². The van der Waals surface area contributed by atoms with Gasteiger partial charge in [-0.2, -0.15) is 0 Å². The molecule has 1 atom stereocenters. The molecule has 16 heavy (non-hydrogen) atoms. The lowest BCUT2D eigenvalue weighted by atomic mass is 9.88. The van der Waals surface area contributed by atoms with E-state index in [0.29, 0.717) is 12.3 Å². The molecule has 0 aliphatic rings. The van der Waals surface area contributed by atoms with E-state index in [1.54, 1.807) is 14.2 Å². The summed E-state index contributed by atoms with van der Waals surface area (Å²) in [7, 11) is 3.24. The van der Waals surface area contributed by atoms with Crippen molar-refractivity contribution in [3.05, 3.63) is 23.3 Å². The Hall–Kier alpha value is -1.26. The first-order valence-corrected chi connectivity index (χ1v) is 5.18. The highest BCUT2D eigenvalue weighted by Gasteiger charge is 2.26. The van der Waals surface area contributed by atoms with Crippen LogP contribution in [0.15, 0.2) is 12.1 Å². The zero-order valence-electron chi connectivity index (χ0n) is 10.3. The van der Waals surface area contributed by atoms with Crippen LogP contribution in [0.3, 0.4) is 0 Å². The number of ether oxygens (including phenoxy) is 2. The van der Waals surface area contributed by atoms with E-state index in [2.05, 4.69) is 0 Å². The van der Waals surface area contributed by atoms with Gasteiger partial charge in [0.1, 0.15) is 11.5 Å². The number of nitrogens with two attached hydrogens (primary N) is 2. The summed E-state index contributed by atoms with van der Waals surface area (Å²) < 4.78 is 10.5. The zero-order valence-corrected chi connectivity index (χ0v) is 10.3. The largest absolute Gasteiger partial charge is 0.497 e. The first kappa shape index (κ1) is 12.8. The van der Waals surface area contributed by atoms with Gasteiger partial charge >= 0.3 is 0 Å². The van der Waals surface area contributed by atoms with Crippen LogP contribution in [0.2, 0.25) is 0 Å². The molecular formula is C12H20N2O2. The number of aryl methyl sites for hydroxylation is 1. The molecule has 1 unspecified atom stereocenters. The Balaban J connectivity index is 3.38. The van der Waals surface area contributed by atoms with Crippen molar-refractivity contribution in [2.45, 2.75) is 19.4 Å². The molecule has 0 saturated carbocycles. The Morgan fingerprint density at radius 1 is 1.25 bits per heavy atom. The molecule has 0 bridgehead atoms. The van der Waals surface area contributed by atoms with Gasteiger partial charge < -0.3 is 20.9 Å². The zero-order chi connectivity index (χ0) is 12.3. The van der Waals surface area contributed by atoms with Gasteiger partial charge in [-0.3, -0.25) is 0 Å². The topological polar surface area (TPSA) is 70.5 Å². The quantitative estimate of drug-likeness (QED) is 0.804. The van der Waals surface area contributed by atoms with Gasteiger partial charge in [0.15, 0.2) is 0 Å². The number of benzene rings is 1. The third kappa shape index (κ3) is 2.28. The molecule has 0 amide bonds. The second-order valence-corrected chi connectivity index (χ2v) is 4.14. The SMILES string of the molecule is COc1cc(C)c(C(C)(N)CN)c(OC)c1. The lowest BCUT2D eigenvalue weighted by molar-refractivity contribution is 0.376. The molecule has 0 fully saturated rings. The molecule has 0 radical (unpaired) electrons. The Bertz CT molecular complexity index is 376. The summed E-state index contributed by atoms with van der Waals surface area (Å²) in [6.45, 7) is 4.22. The van der Waals surface area contributed by atoms with E-state index in [-0.39, 0.29) is 0 Å². The van der Waals surface area contributed by atoms with Gasteiger partial charge in [0.25, 0.3) is 0 Å². The summed E-state index contributed by atoms with van der Waals surface area (Å²) in [4.78, 5) is 0. The Kier molecular flexibility index (Phi) is 3.78. The maximum atomic E-state index is 6.16. The third-order valence-electron chi connectivity index (χ3n) is 2.72. The van der Waals surface area contributed by atoms with E-state index < -0.39 is 5.54 Å². The molecule has 0 saturated heterocycles. The summed E-state index contributed by atoms with van der Waals surface area (Å²) in [5.74, 6) is 1.47. The maximum Gasteiger partial charge on any atom is 0.127 e. The predicted octanol–water partition coefficient (Wildman–Crippen LogP) is 1.14. The van der Waals surface area contributed by atoms with Crippen LogP contribution in [0.1, 0.15) is 18.1 Å². The highest BCUT2D eigenvalue weighted by molar-refractivity contribution is 5.49. The van der Waals surface area contributed by atoms with E-state index in [9.17, 15) is 0 Å². The maximum absolute atomic E-state index is 6.16. The van der Waals surface area contributed by atoms with Gasteiger partial charge in [-0.15, -0.1) is 0 Å². The van der Waals surface area contributed by atoms with Gasteiger partial charge in [-0.05, 0) is 25.5 Å². The smallest absolute Gasteiger partial charge is 0.127 e. The van der Waals surface area contributed by atoms with Crippen LogP contribution >= 0.6 is 0 Å². The molecule has 4 N–H and O–H groups in total. The van der Waals surface area contributed by atoms with Crippen LogP contribution in [-0.2, 0) is 5.54 Å². The minimum atomic E-state index is -0.596. The number of rotatable bonds is 4. The van der Waals surface area contributed by atoms with Crippen molar-refractivity contribution in [3.63, 3.8) is 0 Å². The van der Waals surface area contributed by atoms with Gasteiger partial charge in [0.05, 0.1) is 19.8 Å². The van der Waals surface area contributed by atoms with Crippen molar-refractivity contribution in [1.29, 1.82) is 0 Å². The fraction of sp³-hybridized carbons (Fsp3) is 0.500. The van der Waals surface area contributed by atoms with Crippen LogP contribution in [0, 0.1) is 6.92 Å². The molecule has 1 aromatic carbocycles. The molecule has 4 nitrogen and oxygen atoms in total. The molecule has 1 aromatic rings. The summed E-state index contributed by atoms with van der Waals surface area (Å²) >= 11 is 0. The van der Waals surface area contributed by atoms with Gasteiger partial charge in [-0.1, -0.05) is 0 Å². The number of methoxy groups -OCH3 is 2. The monoisotopic (exact) mass is 224 g/mol. The predicted molar refractivity (Wildman–Crippen MR) is 64.9 cm³/mol. The standard InChI is InChI=1S/C12H20N2O2/c1-8-5-9(15-3)6-10(16-4)11(8)12(2,14)7-13/h5-6H,7,13-14H2,1-4H3. The Labute approximate surface area is 96.5 Å². The average molecular weight is 224 g/mol. The Morgan fingerprint density at radius 3 is 2.31 bits per heavy atom. The molecule has 0 aliphatic heterocycles. The lowest BCUT2D eigenvalue weighted by Gasteiger charge is -2.27. The number of hydrogen-bond donors (Lipinski definition) is 2. The van der Waals surface area contributed by atoms with Crippen LogP contribution in [0.25, 0.3) is 0 Å². The van der Waals surface area contributed by atoms with Crippen molar-refractivity contribution < 1.29 is 9.47 Å². The van der Waals surface area contributed by atoms with E-state index in [4.69, 9.17) is 20.9 Å². The fourth-order valence-corrected chi connectivity index (χ4v) is 1.84. The van der Waals surface area contributed by atoms with Crippen molar-refractivity contribution >= 4 is 0 Å². The van der Waals surface area contributed by atoms with Crippen LogP contribution in [0.4, 0.5) is 0 Å². The van der Waals surface area contributed by atoms with Gasteiger partial charge in [-0.25, -0.2) is 0 Å².